The van der Waals surface area contributed by atoms with Crippen LogP contribution >= 0.6 is 0 Å². The molecule has 1 atom stereocenters. The van der Waals surface area contributed by atoms with E-state index < -0.39 is 0 Å². The van der Waals surface area contributed by atoms with E-state index in [2.05, 4.69) is 11.9 Å². The number of aliphatic hydroxyl groups is 2. The summed E-state index contributed by atoms with van der Waals surface area (Å²) in [4.78, 5) is 2.24. The van der Waals surface area contributed by atoms with Gasteiger partial charge in [-0.15, -0.1) is 0 Å². The first-order valence-corrected chi connectivity index (χ1v) is 5.12. The molecule has 0 spiro atoms. The highest BCUT2D eigenvalue weighted by Gasteiger charge is 2.27. The van der Waals surface area contributed by atoms with Crippen molar-refractivity contribution in [1.29, 1.82) is 0 Å². The standard InChI is InChI=1S/C10H21NO2/c1-8(12)3-4-11(2)7-9-5-10(13)6-9/h8-10,12-13H,3-7H2,1-2H3. The lowest BCUT2D eigenvalue weighted by atomic mass is 9.82. The van der Waals surface area contributed by atoms with Crippen molar-refractivity contribution >= 4 is 0 Å². The highest BCUT2D eigenvalue weighted by molar-refractivity contribution is 4.80. The maximum atomic E-state index is 9.09. The molecule has 0 saturated heterocycles. The highest BCUT2D eigenvalue weighted by Crippen LogP contribution is 2.27. The Morgan fingerprint density at radius 2 is 2.08 bits per heavy atom. The minimum Gasteiger partial charge on any atom is -0.393 e. The van der Waals surface area contributed by atoms with Gasteiger partial charge in [0, 0.05) is 13.1 Å². The normalized spacial score (nSPS) is 30.2. The Hall–Kier alpha value is -0.120. The van der Waals surface area contributed by atoms with Gasteiger partial charge >= 0.3 is 0 Å². The Bertz CT molecular complexity index is 144. The molecule has 1 fully saturated rings. The van der Waals surface area contributed by atoms with E-state index in [0.29, 0.717) is 5.92 Å². The van der Waals surface area contributed by atoms with Crippen LogP contribution in [0.15, 0.2) is 0 Å². The molecule has 1 saturated carbocycles. The third-order valence-electron chi connectivity index (χ3n) is 2.71. The van der Waals surface area contributed by atoms with Crippen molar-refractivity contribution in [3.05, 3.63) is 0 Å². The smallest absolute Gasteiger partial charge is 0.0546 e. The van der Waals surface area contributed by atoms with Crippen molar-refractivity contribution in [2.24, 2.45) is 5.92 Å². The molecule has 0 radical (unpaired) electrons. The molecule has 1 unspecified atom stereocenters. The molecule has 0 amide bonds. The number of aliphatic hydroxyl groups excluding tert-OH is 2. The molecule has 78 valence electrons. The highest BCUT2D eigenvalue weighted by atomic mass is 16.3. The predicted octanol–water partition coefficient (Wildman–Crippen LogP) is 0.460. The van der Waals surface area contributed by atoms with E-state index in [9.17, 15) is 0 Å². The summed E-state index contributed by atoms with van der Waals surface area (Å²) in [6, 6.07) is 0. The number of rotatable bonds is 5. The zero-order chi connectivity index (χ0) is 9.84. The Balaban J connectivity index is 2.01. The second kappa shape index (κ2) is 4.94. The Morgan fingerprint density at radius 1 is 1.46 bits per heavy atom. The van der Waals surface area contributed by atoms with E-state index in [1.807, 2.05) is 6.92 Å². The molecule has 0 bridgehead atoms. The first kappa shape index (κ1) is 11.0. The van der Waals surface area contributed by atoms with Crippen LogP contribution in [0, 0.1) is 5.92 Å². The van der Waals surface area contributed by atoms with Crippen LogP contribution in [0.2, 0.25) is 0 Å². The zero-order valence-electron chi connectivity index (χ0n) is 8.61. The van der Waals surface area contributed by atoms with E-state index >= 15 is 0 Å². The lowest BCUT2D eigenvalue weighted by molar-refractivity contribution is 0.0266. The van der Waals surface area contributed by atoms with Crippen LogP contribution in [0.5, 0.6) is 0 Å². The second-order valence-corrected chi connectivity index (χ2v) is 4.39. The lowest BCUT2D eigenvalue weighted by Gasteiger charge is -2.34. The van der Waals surface area contributed by atoms with Gasteiger partial charge < -0.3 is 15.1 Å². The SMILES string of the molecule is CC(O)CCN(C)CC1CC(O)C1. The van der Waals surface area contributed by atoms with Crippen LogP contribution in [-0.2, 0) is 0 Å². The number of hydrogen-bond acceptors (Lipinski definition) is 3. The molecular formula is C10H21NO2. The minimum absolute atomic E-state index is 0.0461. The monoisotopic (exact) mass is 187 g/mol. The van der Waals surface area contributed by atoms with Crippen LogP contribution in [0.4, 0.5) is 0 Å². The summed E-state index contributed by atoms with van der Waals surface area (Å²) < 4.78 is 0. The Kier molecular flexibility index (Phi) is 4.16. The largest absolute Gasteiger partial charge is 0.393 e. The van der Waals surface area contributed by atoms with E-state index in [-0.39, 0.29) is 12.2 Å². The van der Waals surface area contributed by atoms with Crippen LogP contribution in [0.1, 0.15) is 26.2 Å². The van der Waals surface area contributed by atoms with Crippen molar-refractivity contribution in [3.63, 3.8) is 0 Å². The topological polar surface area (TPSA) is 43.7 Å². The van der Waals surface area contributed by atoms with Gasteiger partial charge in [-0.2, -0.15) is 0 Å². The van der Waals surface area contributed by atoms with Gasteiger partial charge in [0.25, 0.3) is 0 Å². The van der Waals surface area contributed by atoms with Crippen molar-refractivity contribution < 1.29 is 10.2 Å². The molecule has 1 rings (SSSR count). The van der Waals surface area contributed by atoms with E-state index in [1.54, 1.807) is 0 Å². The lowest BCUT2D eigenvalue weighted by Crippen LogP contribution is -2.37. The third-order valence-corrected chi connectivity index (χ3v) is 2.71. The van der Waals surface area contributed by atoms with Gasteiger partial charge in [0.05, 0.1) is 12.2 Å². The molecule has 13 heavy (non-hydrogen) atoms. The maximum Gasteiger partial charge on any atom is 0.0546 e. The molecule has 0 heterocycles. The quantitative estimate of drug-likeness (QED) is 0.657. The van der Waals surface area contributed by atoms with E-state index in [4.69, 9.17) is 10.2 Å². The summed E-state index contributed by atoms with van der Waals surface area (Å²) in [5.41, 5.74) is 0. The van der Waals surface area contributed by atoms with Gasteiger partial charge in [-0.25, -0.2) is 0 Å². The maximum absolute atomic E-state index is 9.09. The molecule has 3 heteroatoms. The number of hydrogen-bond donors (Lipinski definition) is 2. The summed E-state index contributed by atoms with van der Waals surface area (Å²) in [5, 5.41) is 18.2. The first-order valence-electron chi connectivity index (χ1n) is 5.12. The minimum atomic E-state index is -0.200. The summed E-state index contributed by atoms with van der Waals surface area (Å²) >= 11 is 0. The summed E-state index contributed by atoms with van der Waals surface area (Å²) in [6.45, 7) is 3.83. The summed E-state index contributed by atoms with van der Waals surface area (Å²) in [5.74, 6) is 0.675. The average molecular weight is 187 g/mol. The van der Waals surface area contributed by atoms with Crippen molar-refractivity contribution in [3.8, 4) is 0 Å². The molecule has 0 aromatic rings. The first-order chi connectivity index (χ1) is 6.08. The fraction of sp³-hybridized carbons (Fsp3) is 1.00. The second-order valence-electron chi connectivity index (χ2n) is 4.39. The average Bonchev–Trinajstić information content (AvgIpc) is 1.98. The zero-order valence-corrected chi connectivity index (χ0v) is 8.61. The molecule has 0 aromatic heterocycles. The van der Waals surface area contributed by atoms with Gasteiger partial charge in [-0.05, 0) is 39.2 Å². The molecule has 1 aliphatic rings. The van der Waals surface area contributed by atoms with Crippen molar-refractivity contribution in [2.45, 2.75) is 38.4 Å². The van der Waals surface area contributed by atoms with Crippen molar-refractivity contribution in [2.75, 3.05) is 20.1 Å². The molecule has 1 aliphatic carbocycles. The summed E-state index contributed by atoms with van der Waals surface area (Å²) in [6.07, 6.45) is 2.51. The van der Waals surface area contributed by atoms with E-state index in [0.717, 1.165) is 32.4 Å². The fourth-order valence-corrected chi connectivity index (χ4v) is 1.79. The molecule has 0 aliphatic heterocycles. The van der Waals surface area contributed by atoms with Gasteiger partial charge in [0.1, 0.15) is 0 Å². The van der Waals surface area contributed by atoms with E-state index in [1.165, 1.54) is 0 Å². The Morgan fingerprint density at radius 3 is 2.54 bits per heavy atom. The van der Waals surface area contributed by atoms with Crippen LogP contribution in [0.25, 0.3) is 0 Å². The van der Waals surface area contributed by atoms with Gasteiger partial charge in [-0.3, -0.25) is 0 Å². The van der Waals surface area contributed by atoms with Crippen LogP contribution < -0.4 is 0 Å². The fourth-order valence-electron chi connectivity index (χ4n) is 1.79. The van der Waals surface area contributed by atoms with Gasteiger partial charge in [0.2, 0.25) is 0 Å². The van der Waals surface area contributed by atoms with Crippen LogP contribution in [0.3, 0.4) is 0 Å². The van der Waals surface area contributed by atoms with Crippen LogP contribution in [-0.4, -0.2) is 47.5 Å². The molecule has 2 N–H and O–H groups in total. The molecule has 0 aromatic carbocycles. The van der Waals surface area contributed by atoms with Gasteiger partial charge in [0.15, 0.2) is 0 Å². The van der Waals surface area contributed by atoms with Gasteiger partial charge in [-0.1, -0.05) is 0 Å². The number of nitrogens with zero attached hydrogens (tertiary/aromatic N) is 1. The summed E-state index contributed by atoms with van der Waals surface area (Å²) in [7, 11) is 2.08. The van der Waals surface area contributed by atoms with Crippen molar-refractivity contribution in [1.82, 2.24) is 4.90 Å². The Labute approximate surface area is 80.4 Å². The predicted molar refractivity (Wildman–Crippen MR) is 52.5 cm³/mol. The molecular weight excluding hydrogens is 166 g/mol. The third kappa shape index (κ3) is 4.07. The molecule has 3 nitrogen and oxygen atoms in total.